The Labute approximate surface area is 75.6 Å². The first-order valence-electron chi connectivity index (χ1n) is 3.66. The standard InChI is InChI=1S/C8H13BrS/c1-7(5-9)8-3-2-4-10-6-8/h8H,1-6H2. The van der Waals surface area contributed by atoms with E-state index in [9.17, 15) is 0 Å². The number of allylic oxidation sites excluding steroid dienone is 1. The lowest BCUT2D eigenvalue weighted by Gasteiger charge is -2.21. The Hall–Kier alpha value is 0.570. The van der Waals surface area contributed by atoms with Crippen LogP contribution in [0, 0.1) is 5.92 Å². The summed E-state index contributed by atoms with van der Waals surface area (Å²) in [6.45, 7) is 4.04. The third-order valence-corrected chi connectivity index (χ3v) is 3.84. The van der Waals surface area contributed by atoms with Crippen molar-refractivity contribution in [3.63, 3.8) is 0 Å². The van der Waals surface area contributed by atoms with Crippen molar-refractivity contribution >= 4 is 27.7 Å². The molecule has 1 atom stereocenters. The number of hydrogen-bond acceptors (Lipinski definition) is 1. The SMILES string of the molecule is C=C(CBr)C1CCCSC1. The van der Waals surface area contributed by atoms with Crippen molar-refractivity contribution in [1.29, 1.82) is 0 Å². The molecule has 1 fully saturated rings. The molecule has 0 aromatic carbocycles. The molecular weight excluding hydrogens is 208 g/mol. The summed E-state index contributed by atoms with van der Waals surface area (Å²) < 4.78 is 0. The van der Waals surface area contributed by atoms with Gasteiger partial charge in [-0.05, 0) is 30.3 Å². The smallest absolute Gasteiger partial charge is 0.0242 e. The first-order chi connectivity index (χ1) is 4.84. The number of rotatable bonds is 2. The molecule has 0 radical (unpaired) electrons. The first-order valence-corrected chi connectivity index (χ1v) is 5.93. The topological polar surface area (TPSA) is 0 Å². The third kappa shape index (κ3) is 2.31. The van der Waals surface area contributed by atoms with Gasteiger partial charge in [-0.3, -0.25) is 0 Å². The molecule has 0 bridgehead atoms. The average Bonchev–Trinajstić information content (AvgIpc) is 2.05. The molecule has 10 heavy (non-hydrogen) atoms. The molecule has 1 saturated heterocycles. The molecule has 1 unspecified atom stereocenters. The fraction of sp³-hybridized carbons (Fsp3) is 0.750. The predicted octanol–water partition coefficient (Wildman–Crippen LogP) is 3.08. The van der Waals surface area contributed by atoms with Crippen molar-refractivity contribution in [3.05, 3.63) is 12.2 Å². The molecule has 0 saturated carbocycles. The molecule has 0 aromatic heterocycles. The monoisotopic (exact) mass is 220 g/mol. The molecule has 0 aromatic rings. The van der Waals surface area contributed by atoms with Crippen LogP contribution < -0.4 is 0 Å². The minimum Gasteiger partial charge on any atom is -0.161 e. The molecular formula is C8H13BrS. The van der Waals surface area contributed by atoms with E-state index in [1.807, 2.05) is 0 Å². The molecule has 1 aliphatic rings. The molecule has 1 aliphatic heterocycles. The van der Waals surface area contributed by atoms with E-state index in [-0.39, 0.29) is 0 Å². The van der Waals surface area contributed by atoms with E-state index in [0.29, 0.717) is 0 Å². The highest BCUT2D eigenvalue weighted by Gasteiger charge is 2.15. The molecule has 0 aliphatic carbocycles. The highest BCUT2D eigenvalue weighted by molar-refractivity contribution is 9.09. The van der Waals surface area contributed by atoms with E-state index >= 15 is 0 Å². The summed E-state index contributed by atoms with van der Waals surface area (Å²) in [4.78, 5) is 0. The van der Waals surface area contributed by atoms with Crippen molar-refractivity contribution in [2.45, 2.75) is 12.8 Å². The zero-order chi connectivity index (χ0) is 7.40. The Morgan fingerprint density at radius 2 is 2.50 bits per heavy atom. The van der Waals surface area contributed by atoms with Gasteiger partial charge in [-0.25, -0.2) is 0 Å². The molecule has 0 amide bonds. The highest BCUT2D eigenvalue weighted by atomic mass is 79.9. The fourth-order valence-corrected chi connectivity index (χ4v) is 2.85. The first kappa shape index (κ1) is 8.66. The number of hydrogen-bond donors (Lipinski definition) is 0. The van der Waals surface area contributed by atoms with Crippen LogP contribution in [0.15, 0.2) is 12.2 Å². The van der Waals surface area contributed by atoms with Crippen LogP contribution in [0.4, 0.5) is 0 Å². The van der Waals surface area contributed by atoms with Crippen LogP contribution in [0.3, 0.4) is 0 Å². The second-order valence-corrected chi connectivity index (χ2v) is 4.42. The molecule has 0 N–H and O–H groups in total. The second kappa shape index (κ2) is 4.45. The quantitative estimate of drug-likeness (QED) is 0.510. The molecule has 0 nitrogen and oxygen atoms in total. The summed E-state index contributed by atoms with van der Waals surface area (Å²) in [5.74, 6) is 3.44. The summed E-state index contributed by atoms with van der Waals surface area (Å²) in [5.41, 5.74) is 1.38. The van der Waals surface area contributed by atoms with Crippen LogP contribution >= 0.6 is 27.7 Å². The summed E-state index contributed by atoms with van der Waals surface area (Å²) in [7, 11) is 0. The molecule has 58 valence electrons. The van der Waals surface area contributed by atoms with Gasteiger partial charge in [-0.15, -0.1) is 0 Å². The van der Waals surface area contributed by atoms with Crippen molar-refractivity contribution in [2.75, 3.05) is 16.8 Å². The minimum absolute atomic E-state index is 0.790. The summed E-state index contributed by atoms with van der Waals surface area (Å²) in [6.07, 6.45) is 2.73. The lowest BCUT2D eigenvalue weighted by molar-refractivity contribution is 0.602. The van der Waals surface area contributed by atoms with Crippen LogP contribution in [0.5, 0.6) is 0 Å². The van der Waals surface area contributed by atoms with Gasteiger partial charge in [0, 0.05) is 5.33 Å². The van der Waals surface area contributed by atoms with Crippen LogP contribution in [0.25, 0.3) is 0 Å². The van der Waals surface area contributed by atoms with Crippen LogP contribution in [-0.2, 0) is 0 Å². The molecule has 1 heterocycles. The van der Waals surface area contributed by atoms with Gasteiger partial charge in [-0.1, -0.05) is 28.1 Å². The number of alkyl halides is 1. The Morgan fingerprint density at radius 1 is 1.70 bits per heavy atom. The minimum atomic E-state index is 0.790. The van der Waals surface area contributed by atoms with E-state index < -0.39 is 0 Å². The van der Waals surface area contributed by atoms with E-state index in [0.717, 1.165) is 11.2 Å². The third-order valence-electron chi connectivity index (χ3n) is 1.91. The highest BCUT2D eigenvalue weighted by Crippen LogP contribution is 2.27. The Morgan fingerprint density at radius 3 is 3.00 bits per heavy atom. The normalized spacial score (nSPS) is 26.3. The average molecular weight is 221 g/mol. The molecule has 0 spiro atoms. The van der Waals surface area contributed by atoms with Gasteiger partial charge < -0.3 is 0 Å². The summed E-state index contributed by atoms with van der Waals surface area (Å²) >= 11 is 5.51. The zero-order valence-electron chi connectivity index (χ0n) is 6.11. The molecule has 2 heteroatoms. The largest absolute Gasteiger partial charge is 0.161 e. The van der Waals surface area contributed by atoms with Gasteiger partial charge in [-0.2, -0.15) is 11.8 Å². The van der Waals surface area contributed by atoms with Crippen molar-refractivity contribution in [3.8, 4) is 0 Å². The van der Waals surface area contributed by atoms with Gasteiger partial charge >= 0.3 is 0 Å². The van der Waals surface area contributed by atoms with Crippen molar-refractivity contribution in [2.24, 2.45) is 5.92 Å². The molecule has 1 rings (SSSR count). The number of halogens is 1. The Kier molecular flexibility index (Phi) is 3.85. The van der Waals surface area contributed by atoms with E-state index in [1.54, 1.807) is 0 Å². The van der Waals surface area contributed by atoms with Gasteiger partial charge in [0.15, 0.2) is 0 Å². The maximum Gasteiger partial charge on any atom is 0.0242 e. The van der Waals surface area contributed by atoms with Gasteiger partial charge in [0.25, 0.3) is 0 Å². The second-order valence-electron chi connectivity index (χ2n) is 2.71. The van der Waals surface area contributed by atoms with Crippen molar-refractivity contribution < 1.29 is 0 Å². The predicted molar refractivity (Wildman–Crippen MR) is 53.0 cm³/mol. The van der Waals surface area contributed by atoms with E-state index in [2.05, 4.69) is 34.3 Å². The van der Waals surface area contributed by atoms with Gasteiger partial charge in [0.1, 0.15) is 0 Å². The van der Waals surface area contributed by atoms with Crippen LogP contribution in [-0.4, -0.2) is 16.8 Å². The lowest BCUT2D eigenvalue weighted by Crippen LogP contribution is -2.12. The van der Waals surface area contributed by atoms with E-state index in [1.165, 1.54) is 29.9 Å². The maximum absolute atomic E-state index is 4.04. The van der Waals surface area contributed by atoms with Gasteiger partial charge in [0.05, 0.1) is 0 Å². The van der Waals surface area contributed by atoms with Crippen LogP contribution in [0.2, 0.25) is 0 Å². The van der Waals surface area contributed by atoms with Crippen molar-refractivity contribution in [1.82, 2.24) is 0 Å². The fourth-order valence-electron chi connectivity index (χ4n) is 1.17. The Bertz CT molecular complexity index is 116. The maximum atomic E-state index is 4.04. The van der Waals surface area contributed by atoms with E-state index in [4.69, 9.17) is 0 Å². The zero-order valence-corrected chi connectivity index (χ0v) is 8.51. The Balaban J connectivity index is 2.31. The van der Waals surface area contributed by atoms with Gasteiger partial charge in [0.2, 0.25) is 0 Å². The summed E-state index contributed by atoms with van der Waals surface area (Å²) in [6, 6.07) is 0. The summed E-state index contributed by atoms with van der Waals surface area (Å²) in [5, 5.41) is 0.984. The number of thioether (sulfide) groups is 1. The van der Waals surface area contributed by atoms with Crippen LogP contribution in [0.1, 0.15) is 12.8 Å². The lowest BCUT2D eigenvalue weighted by atomic mass is 9.99.